The van der Waals surface area contributed by atoms with Crippen molar-refractivity contribution in [1.29, 1.82) is 0 Å². The van der Waals surface area contributed by atoms with E-state index in [1.54, 1.807) is 17.0 Å². The Balaban J connectivity index is 1.44. The fourth-order valence-corrected chi connectivity index (χ4v) is 3.67. The van der Waals surface area contributed by atoms with Crippen molar-refractivity contribution in [2.45, 2.75) is 20.3 Å². The van der Waals surface area contributed by atoms with Gasteiger partial charge in [-0.05, 0) is 54.3 Å². The first kappa shape index (κ1) is 18.9. The molecule has 0 N–H and O–H groups in total. The number of aryl methyl sites for hydroxylation is 1. The second kappa shape index (κ2) is 7.92. The lowest BCUT2D eigenvalue weighted by Gasteiger charge is -2.20. The van der Waals surface area contributed by atoms with Crippen LogP contribution in [0.4, 0.5) is 5.69 Å². The van der Waals surface area contributed by atoms with E-state index >= 15 is 0 Å². The zero-order chi connectivity index (χ0) is 20.4. The van der Waals surface area contributed by atoms with Gasteiger partial charge in [0, 0.05) is 18.7 Å². The van der Waals surface area contributed by atoms with Crippen LogP contribution >= 0.6 is 0 Å². The average Bonchev–Trinajstić information content (AvgIpc) is 3.13. The standard InChI is InChI=1S/C25H23NO3/c1-17-7-6-10-23(18(17)2)26-16-21(15-24(26)27)25(28)29-22-13-11-20(12-14-22)19-8-4-3-5-9-19/h3-14,21H,15-16H2,1-2H3/t21-/m1/s1. The van der Waals surface area contributed by atoms with Crippen LogP contribution in [0.1, 0.15) is 17.5 Å². The Morgan fingerprint density at radius 2 is 1.59 bits per heavy atom. The zero-order valence-corrected chi connectivity index (χ0v) is 16.6. The number of anilines is 1. The van der Waals surface area contributed by atoms with Gasteiger partial charge in [-0.1, -0.05) is 54.6 Å². The van der Waals surface area contributed by atoms with Crippen LogP contribution in [0.3, 0.4) is 0 Å². The largest absolute Gasteiger partial charge is 0.426 e. The van der Waals surface area contributed by atoms with E-state index in [0.717, 1.165) is 27.9 Å². The van der Waals surface area contributed by atoms with Crippen molar-refractivity contribution in [3.8, 4) is 16.9 Å². The first-order chi connectivity index (χ1) is 14.0. The number of carbonyl (C=O) groups is 2. The first-order valence-electron chi connectivity index (χ1n) is 9.76. The summed E-state index contributed by atoms with van der Waals surface area (Å²) < 4.78 is 5.56. The van der Waals surface area contributed by atoms with E-state index in [-0.39, 0.29) is 18.3 Å². The predicted octanol–water partition coefficient (Wildman–Crippen LogP) is 4.93. The predicted molar refractivity (Wildman–Crippen MR) is 114 cm³/mol. The maximum absolute atomic E-state index is 12.6. The van der Waals surface area contributed by atoms with Crippen LogP contribution in [0.2, 0.25) is 0 Å². The molecular formula is C25H23NO3. The summed E-state index contributed by atoms with van der Waals surface area (Å²) in [4.78, 5) is 26.9. The fraction of sp³-hybridized carbons (Fsp3) is 0.200. The highest BCUT2D eigenvalue weighted by atomic mass is 16.5. The number of esters is 1. The van der Waals surface area contributed by atoms with E-state index in [9.17, 15) is 9.59 Å². The summed E-state index contributed by atoms with van der Waals surface area (Å²) >= 11 is 0. The Labute approximate surface area is 170 Å². The summed E-state index contributed by atoms with van der Waals surface area (Å²) in [5.74, 6) is -0.373. The van der Waals surface area contributed by atoms with Gasteiger partial charge in [0.25, 0.3) is 0 Å². The second-order valence-electron chi connectivity index (χ2n) is 7.44. The lowest BCUT2D eigenvalue weighted by molar-refractivity contribution is -0.139. The molecule has 1 fully saturated rings. The molecule has 4 heteroatoms. The molecule has 1 aliphatic rings. The van der Waals surface area contributed by atoms with Crippen molar-refractivity contribution in [3.05, 3.63) is 83.9 Å². The average molecular weight is 385 g/mol. The Morgan fingerprint density at radius 3 is 2.31 bits per heavy atom. The zero-order valence-electron chi connectivity index (χ0n) is 16.6. The van der Waals surface area contributed by atoms with E-state index in [4.69, 9.17) is 4.74 Å². The van der Waals surface area contributed by atoms with Gasteiger partial charge in [0.2, 0.25) is 5.91 Å². The molecule has 0 bridgehead atoms. The van der Waals surface area contributed by atoms with E-state index in [2.05, 4.69) is 0 Å². The van der Waals surface area contributed by atoms with Crippen LogP contribution in [0.25, 0.3) is 11.1 Å². The van der Waals surface area contributed by atoms with Crippen LogP contribution in [0.5, 0.6) is 5.75 Å². The van der Waals surface area contributed by atoms with E-state index in [1.165, 1.54) is 0 Å². The van der Waals surface area contributed by atoms with Gasteiger partial charge in [0.05, 0.1) is 5.92 Å². The molecule has 3 aromatic rings. The SMILES string of the molecule is Cc1cccc(N2C[C@H](C(=O)Oc3ccc(-c4ccccc4)cc3)CC2=O)c1C. The molecule has 1 heterocycles. The minimum Gasteiger partial charge on any atom is -0.426 e. The second-order valence-corrected chi connectivity index (χ2v) is 7.44. The van der Waals surface area contributed by atoms with Gasteiger partial charge >= 0.3 is 5.97 Å². The van der Waals surface area contributed by atoms with Crippen LogP contribution in [0.15, 0.2) is 72.8 Å². The van der Waals surface area contributed by atoms with E-state index in [1.807, 2.05) is 74.5 Å². The Hall–Kier alpha value is -3.40. The number of amides is 1. The first-order valence-corrected chi connectivity index (χ1v) is 9.76. The topological polar surface area (TPSA) is 46.6 Å². The van der Waals surface area contributed by atoms with Crippen molar-refractivity contribution < 1.29 is 14.3 Å². The molecule has 0 unspecified atom stereocenters. The van der Waals surface area contributed by atoms with Crippen LogP contribution in [-0.2, 0) is 9.59 Å². The molecule has 1 amide bonds. The van der Waals surface area contributed by atoms with Gasteiger partial charge in [-0.15, -0.1) is 0 Å². The minimum absolute atomic E-state index is 0.0416. The molecule has 0 aromatic heterocycles. The number of ether oxygens (including phenoxy) is 1. The van der Waals surface area contributed by atoms with Gasteiger partial charge in [0.15, 0.2) is 0 Å². The maximum atomic E-state index is 12.6. The Kier molecular flexibility index (Phi) is 5.17. The van der Waals surface area contributed by atoms with Crippen molar-refractivity contribution in [2.75, 3.05) is 11.4 Å². The third-order valence-electron chi connectivity index (χ3n) is 5.51. The summed E-state index contributed by atoms with van der Waals surface area (Å²) in [5, 5.41) is 0. The molecule has 4 rings (SSSR count). The fourth-order valence-electron chi connectivity index (χ4n) is 3.67. The van der Waals surface area contributed by atoms with Crippen LogP contribution in [0, 0.1) is 19.8 Å². The van der Waals surface area contributed by atoms with Crippen molar-refractivity contribution >= 4 is 17.6 Å². The van der Waals surface area contributed by atoms with Gasteiger partial charge in [-0.25, -0.2) is 0 Å². The molecule has 1 saturated heterocycles. The van der Waals surface area contributed by atoms with E-state index in [0.29, 0.717) is 12.3 Å². The summed E-state index contributed by atoms with van der Waals surface area (Å²) in [6.07, 6.45) is 0.175. The Bertz CT molecular complexity index is 1040. The highest BCUT2D eigenvalue weighted by Crippen LogP contribution is 2.30. The molecule has 1 atom stereocenters. The lowest BCUT2D eigenvalue weighted by Crippen LogP contribution is -2.28. The van der Waals surface area contributed by atoms with Gasteiger partial charge in [-0.3, -0.25) is 9.59 Å². The summed E-state index contributed by atoms with van der Waals surface area (Å²) in [5.41, 5.74) is 5.22. The van der Waals surface area contributed by atoms with Crippen molar-refractivity contribution in [2.24, 2.45) is 5.92 Å². The number of benzene rings is 3. The molecule has 4 nitrogen and oxygen atoms in total. The van der Waals surface area contributed by atoms with Crippen molar-refractivity contribution in [3.63, 3.8) is 0 Å². The van der Waals surface area contributed by atoms with Gasteiger partial charge in [-0.2, -0.15) is 0 Å². The summed E-state index contributed by atoms with van der Waals surface area (Å²) in [6.45, 7) is 4.37. The summed E-state index contributed by atoms with van der Waals surface area (Å²) in [7, 11) is 0. The number of rotatable bonds is 4. The number of nitrogens with zero attached hydrogens (tertiary/aromatic N) is 1. The molecule has 1 aliphatic heterocycles. The molecule has 0 spiro atoms. The quantitative estimate of drug-likeness (QED) is 0.473. The molecule has 0 saturated carbocycles. The van der Waals surface area contributed by atoms with Gasteiger partial charge < -0.3 is 9.64 Å². The maximum Gasteiger partial charge on any atom is 0.316 e. The monoisotopic (exact) mass is 385 g/mol. The van der Waals surface area contributed by atoms with Crippen LogP contribution in [-0.4, -0.2) is 18.4 Å². The number of carbonyl (C=O) groups excluding carboxylic acids is 2. The van der Waals surface area contributed by atoms with Gasteiger partial charge in [0.1, 0.15) is 5.75 Å². The van der Waals surface area contributed by atoms with Crippen molar-refractivity contribution in [1.82, 2.24) is 0 Å². The normalized spacial score (nSPS) is 16.1. The van der Waals surface area contributed by atoms with Crippen LogP contribution < -0.4 is 9.64 Å². The smallest absolute Gasteiger partial charge is 0.316 e. The van der Waals surface area contributed by atoms with E-state index < -0.39 is 5.92 Å². The molecule has 3 aromatic carbocycles. The molecule has 146 valence electrons. The Morgan fingerprint density at radius 1 is 0.897 bits per heavy atom. The number of hydrogen-bond acceptors (Lipinski definition) is 3. The lowest BCUT2D eigenvalue weighted by atomic mass is 10.1. The molecule has 0 aliphatic carbocycles. The third kappa shape index (κ3) is 3.92. The summed E-state index contributed by atoms with van der Waals surface area (Å²) in [6, 6.07) is 23.3. The highest BCUT2D eigenvalue weighted by molar-refractivity contribution is 6.00. The number of hydrogen-bond donors (Lipinski definition) is 0. The molecule has 0 radical (unpaired) electrons. The minimum atomic E-state index is -0.462. The highest BCUT2D eigenvalue weighted by Gasteiger charge is 2.37. The molecular weight excluding hydrogens is 362 g/mol. The molecule has 29 heavy (non-hydrogen) atoms. The third-order valence-corrected chi connectivity index (χ3v) is 5.51.